The van der Waals surface area contributed by atoms with Crippen LogP contribution in [0.4, 0.5) is 0 Å². The minimum Gasteiger partial charge on any atom is -0.486 e. The van der Waals surface area contributed by atoms with Gasteiger partial charge in [0.15, 0.2) is 17.3 Å². The van der Waals surface area contributed by atoms with E-state index in [1.165, 1.54) is 19.3 Å². The van der Waals surface area contributed by atoms with Crippen LogP contribution in [0.15, 0.2) is 30.4 Å². The van der Waals surface area contributed by atoms with Crippen LogP contribution in [0.2, 0.25) is 0 Å². The number of hydrogen-bond donors (Lipinski definition) is 2. The fourth-order valence-corrected chi connectivity index (χ4v) is 5.17. The first-order valence-corrected chi connectivity index (χ1v) is 13.3. The Labute approximate surface area is 209 Å². The van der Waals surface area contributed by atoms with E-state index in [9.17, 15) is 15.0 Å². The molecule has 2 N–H and O–H groups in total. The largest absolute Gasteiger partial charge is 0.486 e. The Kier molecular flexibility index (Phi) is 9.25. The number of carbonyl (C=O) groups is 1. The average Bonchev–Trinajstić information content (AvgIpc) is 3.39. The molecule has 6 nitrogen and oxygen atoms in total. The van der Waals surface area contributed by atoms with Gasteiger partial charge in [0.25, 0.3) is 0 Å². The lowest BCUT2D eigenvalue weighted by Gasteiger charge is -2.26. The highest BCUT2D eigenvalue weighted by Gasteiger charge is 2.27. The van der Waals surface area contributed by atoms with Crippen LogP contribution in [0.3, 0.4) is 0 Å². The molecule has 190 valence electrons. The second-order valence-corrected chi connectivity index (χ2v) is 10.1. The van der Waals surface area contributed by atoms with E-state index in [0.29, 0.717) is 50.5 Å². The van der Waals surface area contributed by atoms with Crippen LogP contribution in [0.25, 0.3) is 0 Å². The highest BCUT2D eigenvalue weighted by molar-refractivity contribution is 5.89. The van der Waals surface area contributed by atoms with Crippen molar-refractivity contribution in [1.82, 2.24) is 4.90 Å². The lowest BCUT2D eigenvalue weighted by Crippen LogP contribution is -2.29. The van der Waals surface area contributed by atoms with Crippen LogP contribution in [0.1, 0.15) is 75.9 Å². The van der Waals surface area contributed by atoms with Crippen molar-refractivity contribution in [3.63, 3.8) is 0 Å². The quantitative estimate of drug-likeness (QED) is 0.313. The van der Waals surface area contributed by atoms with Crippen LogP contribution in [0.5, 0.6) is 11.5 Å². The predicted octanol–water partition coefficient (Wildman–Crippen LogP) is 4.20. The molecule has 0 spiro atoms. The Morgan fingerprint density at radius 2 is 1.83 bits per heavy atom. The zero-order valence-corrected chi connectivity index (χ0v) is 20.7. The van der Waals surface area contributed by atoms with Gasteiger partial charge in [-0.3, -0.25) is 4.79 Å². The van der Waals surface area contributed by atoms with E-state index in [-0.39, 0.29) is 11.7 Å². The van der Waals surface area contributed by atoms with Crippen molar-refractivity contribution in [1.29, 1.82) is 0 Å². The van der Waals surface area contributed by atoms with E-state index in [1.807, 2.05) is 24.3 Å². The molecule has 0 aromatic heterocycles. The second-order valence-electron chi connectivity index (χ2n) is 10.1. The molecule has 3 aliphatic rings. The van der Waals surface area contributed by atoms with Gasteiger partial charge in [-0.15, -0.1) is 5.92 Å². The summed E-state index contributed by atoms with van der Waals surface area (Å²) in [6.45, 7) is 3.80. The molecule has 0 unspecified atom stereocenters. The minimum atomic E-state index is -0.824. The van der Waals surface area contributed by atoms with E-state index in [2.05, 4.69) is 16.7 Å². The van der Waals surface area contributed by atoms with Crippen molar-refractivity contribution in [2.75, 3.05) is 32.8 Å². The summed E-state index contributed by atoms with van der Waals surface area (Å²) in [5.41, 5.74) is -0.0546. The van der Waals surface area contributed by atoms with Crippen LogP contribution in [-0.2, 0) is 4.79 Å². The van der Waals surface area contributed by atoms with Gasteiger partial charge in [-0.25, -0.2) is 0 Å². The van der Waals surface area contributed by atoms with E-state index in [4.69, 9.17) is 9.47 Å². The molecule has 1 aliphatic carbocycles. The number of aliphatic hydroxyl groups excluding tert-OH is 1. The molecular weight excluding hydrogens is 442 g/mol. The topological polar surface area (TPSA) is 79.2 Å². The number of fused-ring (bicyclic) bond motifs is 1. The summed E-state index contributed by atoms with van der Waals surface area (Å²) >= 11 is 0. The third-order valence-electron chi connectivity index (χ3n) is 7.24. The zero-order valence-electron chi connectivity index (χ0n) is 20.7. The number of aliphatic hydroxyl groups is 2. The Hall–Kier alpha value is -2.33. The van der Waals surface area contributed by atoms with Crippen molar-refractivity contribution < 1.29 is 24.5 Å². The predicted molar refractivity (Wildman–Crippen MR) is 135 cm³/mol. The maximum absolute atomic E-state index is 12.5. The smallest absolute Gasteiger partial charge is 0.161 e. The molecule has 0 radical (unpaired) electrons. The van der Waals surface area contributed by atoms with E-state index in [0.717, 1.165) is 44.3 Å². The molecule has 2 atom stereocenters. The number of allylic oxidation sites excluding steroid dienone is 1. The maximum atomic E-state index is 12.5. The van der Waals surface area contributed by atoms with Crippen LogP contribution in [0, 0.1) is 17.8 Å². The third kappa shape index (κ3) is 7.57. The number of ketones is 1. The molecule has 35 heavy (non-hydrogen) atoms. The fraction of sp³-hybridized carbons (Fsp3) is 0.621. The number of unbranched alkanes of at least 4 members (excludes halogenated alkanes) is 1. The van der Waals surface area contributed by atoms with Crippen LogP contribution >= 0.6 is 0 Å². The van der Waals surface area contributed by atoms with Crippen LogP contribution < -0.4 is 9.47 Å². The monoisotopic (exact) mass is 481 g/mol. The first kappa shape index (κ1) is 25.8. The number of likely N-dealkylation sites (tertiary alicyclic amines) is 1. The summed E-state index contributed by atoms with van der Waals surface area (Å²) < 4.78 is 11.3. The Bertz CT molecular complexity index is 934. The number of carbonyl (C=O) groups excluding carboxylic acids is 1. The summed E-state index contributed by atoms with van der Waals surface area (Å²) in [5.74, 6) is 7.33. The number of rotatable bonds is 9. The second kappa shape index (κ2) is 12.6. The van der Waals surface area contributed by atoms with Gasteiger partial charge >= 0.3 is 0 Å². The van der Waals surface area contributed by atoms with Gasteiger partial charge in [-0.2, -0.15) is 0 Å². The molecule has 1 saturated carbocycles. The molecule has 1 aromatic carbocycles. The summed E-state index contributed by atoms with van der Waals surface area (Å²) in [6.07, 6.45) is 11.6. The first-order valence-electron chi connectivity index (χ1n) is 13.3. The fourth-order valence-electron chi connectivity index (χ4n) is 5.17. The minimum absolute atomic E-state index is 0.0453. The molecule has 1 aromatic rings. The maximum Gasteiger partial charge on any atom is 0.161 e. The number of nitrogens with zero attached hydrogens (tertiary/aromatic N) is 1. The van der Waals surface area contributed by atoms with Gasteiger partial charge in [0, 0.05) is 25.3 Å². The molecule has 1 saturated heterocycles. The molecule has 0 amide bonds. The molecule has 2 heterocycles. The van der Waals surface area contributed by atoms with Gasteiger partial charge < -0.3 is 24.6 Å². The average molecular weight is 482 g/mol. The van der Waals surface area contributed by atoms with E-state index in [1.54, 1.807) is 6.08 Å². The van der Waals surface area contributed by atoms with Gasteiger partial charge in [-0.05, 0) is 81.8 Å². The number of benzene rings is 1. The van der Waals surface area contributed by atoms with Crippen molar-refractivity contribution in [3.8, 4) is 23.3 Å². The van der Waals surface area contributed by atoms with Gasteiger partial charge in [-0.1, -0.05) is 24.5 Å². The highest BCUT2D eigenvalue weighted by atomic mass is 16.6. The summed E-state index contributed by atoms with van der Waals surface area (Å²) in [6, 6.07) is 5.58. The third-order valence-corrected chi connectivity index (χ3v) is 7.24. The summed E-state index contributed by atoms with van der Waals surface area (Å²) in [5, 5.41) is 21.7. The molecule has 2 aliphatic heterocycles. The van der Waals surface area contributed by atoms with Crippen LogP contribution in [-0.4, -0.2) is 59.3 Å². The zero-order chi connectivity index (χ0) is 24.5. The Morgan fingerprint density at radius 3 is 2.60 bits per heavy atom. The Morgan fingerprint density at radius 1 is 1.09 bits per heavy atom. The SMILES string of the molecule is O=C(/C=C\[C@H](CN1CCCC1)[C@H](O)c1ccc2c(c1)OCCO2)CCCC#CC1(O)CCCCC1. The summed E-state index contributed by atoms with van der Waals surface area (Å²) in [4.78, 5) is 14.9. The highest BCUT2D eigenvalue weighted by Crippen LogP contribution is 2.35. The number of ether oxygens (including phenoxy) is 2. The van der Waals surface area contributed by atoms with Gasteiger partial charge in [0.1, 0.15) is 18.8 Å². The van der Waals surface area contributed by atoms with Gasteiger partial charge in [0.05, 0.1) is 6.10 Å². The number of hydrogen-bond acceptors (Lipinski definition) is 6. The first-order chi connectivity index (χ1) is 17.0. The van der Waals surface area contributed by atoms with Crippen molar-refractivity contribution in [2.45, 2.75) is 75.9 Å². The standard InChI is InChI=1S/C29H39NO5/c31-25(9-3-1-4-14-29(33)15-5-2-6-16-29)12-10-24(22-30-17-7-8-18-30)28(32)23-11-13-26-27(21-23)35-20-19-34-26/h10-13,21,24,28,32-33H,1-3,5-9,15-20,22H2/b12-10-/t24-,28-/m1/s1. The molecule has 4 rings (SSSR count). The molecule has 0 bridgehead atoms. The lowest BCUT2D eigenvalue weighted by molar-refractivity contribution is -0.114. The Balaban J connectivity index is 1.33. The summed E-state index contributed by atoms with van der Waals surface area (Å²) in [7, 11) is 0. The lowest BCUT2D eigenvalue weighted by atomic mass is 9.85. The normalized spacial score (nSPS) is 21.3. The van der Waals surface area contributed by atoms with Crippen molar-refractivity contribution in [3.05, 3.63) is 35.9 Å². The molecule has 2 fully saturated rings. The molecule has 6 heteroatoms. The van der Waals surface area contributed by atoms with Crippen molar-refractivity contribution >= 4 is 5.78 Å². The molecular formula is C29H39NO5. The van der Waals surface area contributed by atoms with Gasteiger partial charge in [0.2, 0.25) is 0 Å². The van der Waals surface area contributed by atoms with Crippen molar-refractivity contribution in [2.24, 2.45) is 5.92 Å². The van der Waals surface area contributed by atoms with E-state index < -0.39 is 11.7 Å². The van der Waals surface area contributed by atoms with E-state index >= 15 is 0 Å².